The van der Waals surface area contributed by atoms with E-state index in [0.29, 0.717) is 12.3 Å². The summed E-state index contributed by atoms with van der Waals surface area (Å²) >= 11 is 1.53. The Morgan fingerprint density at radius 1 is 1.23 bits per heavy atom. The monoisotopic (exact) mass is 371 g/mol. The molecule has 0 aliphatic carbocycles. The maximum absolute atomic E-state index is 12.3. The lowest BCUT2D eigenvalue weighted by molar-refractivity contribution is -0.117. The van der Waals surface area contributed by atoms with E-state index in [4.69, 9.17) is 0 Å². The van der Waals surface area contributed by atoms with Crippen LogP contribution < -0.4 is 5.32 Å². The number of likely N-dealkylation sites (tertiary alicyclic amines) is 1. The smallest absolute Gasteiger partial charge is 0.226 e. The maximum Gasteiger partial charge on any atom is 0.226 e. The molecule has 1 N–H and O–H groups in total. The van der Waals surface area contributed by atoms with E-state index >= 15 is 0 Å². The molecule has 4 nitrogen and oxygen atoms in total. The summed E-state index contributed by atoms with van der Waals surface area (Å²) in [6.07, 6.45) is 6.51. The Bertz CT molecular complexity index is 680. The lowest BCUT2D eigenvalue weighted by atomic mass is 9.98. The number of aryl methyl sites for hydroxylation is 1. The summed E-state index contributed by atoms with van der Waals surface area (Å²) in [5.41, 5.74) is 2.41. The number of anilines is 1. The van der Waals surface area contributed by atoms with Crippen LogP contribution in [0, 0.1) is 5.92 Å². The van der Waals surface area contributed by atoms with Crippen LogP contribution in [0.4, 0.5) is 5.13 Å². The second-order valence-electron chi connectivity index (χ2n) is 7.36. The van der Waals surface area contributed by atoms with E-state index in [1.807, 2.05) is 6.07 Å². The van der Waals surface area contributed by atoms with Gasteiger partial charge in [-0.15, -0.1) is 11.3 Å². The molecule has 1 saturated heterocycles. The van der Waals surface area contributed by atoms with Crippen LogP contribution in [-0.2, 0) is 17.8 Å². The highest BCUT2D eigenvalue weighted by atomic mass is 32.1. The van der Waals surface area contributed by atoms with E-state index in [-0.39, 0.29) is 5.91 Å². The fourth-order valence-corrected chi connectivity index (χ4v) is 4.15. The second kappa shape index (κ2) is 9.83. The van der Waals surface area contributed by atoms with Crippen molar-refractivity contribution in [2.45, 2.75) is 52.0 Å². The third-order valence-electron chi connectivity index (χ3n) is 4.93. The number of rotatable bonds is 8. The van der Waals surface area contributed by atoms with Gasteiger partial charge in [0, 0.05) is 18.3 Å². The van der Waals surface area contributed by atoms with Gasteiger partial charge in [0.1, 0.15) is 0 Å². The molecule has 26 heavy (non-hydrogen) atoms. The maximum atomic E-state index is 12.3. The minimum Gasteiger partial charge on any atom is -0.302 e. The van der Waals surface area contributed by atoms with Crippen molar-refractivity contribution >= 4 is 22.4 Å². The zero-order valence-electron chi connectivity index (χ0n) is 15.6. The number of nitrogens with zero attached hydrogens (tertiary/aromatic N) is 2. The minimum absolute atomic E-state index is 0.0736. The van der Waals surface area contributed by atoms with Crippen molar-refractivity contribution in [3.63, 3.8) is 0 Å². The summed E-state index contributed by atoms with van der Waals surface area (Å²) in [6.45, 7) is 5.38. The summed E-state index contributed by atoms with van der Waals surface area (Å²) in [5.74, 6) is 0.437. The fraction of sp³-hybridized carbons (Fsp3) is 0.524. The number of amides is 1. The molecule has 1 aromatic carbocycles. The number of aromatic nitrogens is 1. The van der Waals surface area contributed by atoms with E-state index in [9.17, 15) is 4.79 Å². The lowest BCUT2D eigenvalue weighted by Crippen LogP contribution is -2.29. The predicted molar refractivity (Wildman–Crippen MR) is 108 cm³/mol. The summed E-state index contributed by atoms with van der Waals surface area (Å²) < 4.78 is 0. The van der Waals surface area contributed by atoms with Crippen molar-refractivity contribution in [2.24, 2.45) is 5.92 Å². The van der Waals surface area contributed by atoms with E-state index < -0.39 is 0 Å². The molecular formula is C21H29N3OS. The van der Waals surface area contributed by atoms with E-state index in [1.54, 1.807) is 0 Å². The molecule has 140 valence electrons. The first-order valence-electron chi connectivity index (χ1n) is 9.69. The van der Waals surface area contributed by atoms with Gasteiger partial charge in [0.25, 0.3) is 0 Å². The molecule has 2 heterocycles. The number of carbonyl (C=O) groups excluding carboxylic acids is 1. The van der Waals surface area contributed by atoms with Crippen LogP contribution in [0.15, 0.2) is 35.7 Å². The number of hydrogen-bond acceptors (Lipinski definition) is 4. The van der Waals surface area contributed by atoms with Gasteiger partial charge in [-0.05, 0) is 50.3 Å². The molecule has 2 aromatic rings. The highest BCUT2D eigenvalue weighted by Gasteiger charge is 2.14. The van der Waals surface area contributed by atoms with Gasteiger partial charge in [-0.3, -0.25) is 9.69 Å². The molecule has 1 unspecified atom stereocenters. The molecule has 1 aliphatic rings. The summed E-state index contributed by atoms with van der Waals surface area (Å²) in [5, 5.41) is 5.78. The van der Waals surface area contributed by atoms with Crippen molar-refractivity contribution in [3.05, 3.63) is 47.0 Å². The van der Waals surface area contributed by atoms with Gasteiger partial charge in [-0.1, -0.05) is 43.7 Å². The SMILES string of the molecule is CC(CCc1ccccc1)CC(=O)Nc1nc(CN2CCCCC2)cs1. The van der Waals surface area contributed by atoms with Crippen LogP contribution in [0.3, 0.4) is 0 Å². The molecule has 0 radical (unpaired) electrons. The summed E-state index contributed by atoms with van der Waals surface area (Å²) in [4.78, 5) is 19.3. The first-order valence-corrected chi connectivity index (χ1v) is 10.6. The topological polar surface area (TPSA) is 45.2 Å². The average Bonchev–Trinajstić information content (AvgIpc) is 3.08. The number of hydrogen-bond donors (Lipinski definition) is 1. The number of nitrogens with one attached hydrogen (secondary N) is 1. The molecule has 1 aromatic heterocycles. The van der Waals surface area contributed by atoms with Gasteiger partial charge < -0.3 is 5.32 Å². The van der Waals surface area contributed by atoms with Gasteiger partial charge in [0.2, 0.25) is 5.91 Å². The number of piperidine rings is 1. The Hall–Kier alpha value is -1.72. The number of benzene rings is 1. The van der Waals surface area contributed by atoms with Crippen molar-refractivity contribution in [3.8, 4) is 0 Å². The van der Waals surface area contributed by atoms with E-state index in [0.717, 1.165) is 43.3 Å². The molecular weight excluding hydrogens is 342 g/mol. The van der Waals surface area contributed by atoms with Crippen molar-refractivity contribution < 1.29 is 4.79 Å². The van der Waals surface area contributed by atoms with Crippen LogP contribution in [0.25, 0.3) is 0 Å². The molecule has 3 rings (SSSR count). The minimum atomic E-state index is 0.0736. The Kier molecular flexibility index (Phi) is 7.21. The molecule has 0 spiro atoms. The van der Waals surface area contributed by atoms with Crippen LogP contribution >= 0.6 is 11.3 Å². The normalized spacial score (nSPS) is 16.3. The van der Waals surface area contributed by atoms with Gasteiger partial charge >= 0.3 is 0 Å². The second-order valence-corrected chi connectivity index (χ2v) is 8.22. The van der Waals surface area contributed by atoms with E-state index in [1.165, 1.54) is 36.2 Å². The average molecular weight is 372 g/mol. The third-order valence-corrected chi connectivity index (χ3v) is 5.74. The molecule has 1 fully saturated rings. The highest BCUT2D eigenvalue weighted by Crippen LogP contribution is 2.20. The van der Waals surface area contributed by atoms with Gasteiger partial charge in [-0.25, -0.2) is 4.98 Å². The Morgan fingerprint density at radius 2 is 2.00 bits per heavy atom. The van der Waals surface area contributed by atoms with Crippen molar-refractivity contribution in [2.75, 3.05) is 18.4 Å². The van der Waals surface area contributed by atoms with Gasteiger partial charge in [0.05, 0.1) is 5.69 Å². The molecule has 1 atom stereocenters. The fourth-order valence-electron chi connectivity index (χ4n) is 3.43. The van der Waals surface area contributed by atoms with Crippen LogP contribution in [0.1, 0.15) is 50.3 Å². The van der Waals surface area contributed by atoms with Gasteiger partial charge in [-0.2, -0.15) is 0 Å². The zero-order valence-corrected chi connectivity index (χ0v) is 16.4. The predicted octanol–water partition coefficient (Wildman–Crippen LogP) is 4.73. The quantitative estimate of drug-likeness (QED) is 0.730. The molecule has 0 saturated carbocycles. The third kappa shape index (κ3) is 6.22. The lowest BCUT2D eigenvalue weighted by Gasteiger charge is -2.25. The number of thiazole rings is 1. The summed E-state index contributed by atoms with van der Waals surface area (Å²) in [6, 6.07) is 10.5. The molecule has 5 heteroatoms. The Morgan fingerprint density at radius 3 is 2.77 bits per heavy atom. The standard InChI is InChI=1S/C21H29N3OS/c1-17(10-11-18-8-4-2-5-9-18)14-20(25)23-21-22-19(16-26-21)15-24-12-6-3-7-13-24/h2,4-5,8-9,16-17H,3,6-7,10-15H2,1H3,(H,22,23,25). The Balaban J connectivity index is 1.40. The van der Waals surface area contributed by atoms with Gasteiger partial charge in [0.15, 0.2) is 5.13 Å². The van der Waals surface area contributed by atoms with Crippen LogP contribution in [0.5, 0.6) is 0 Å². The van der Waals surface area contributed by atoms with Crippen molar-refractivity contribution in [1.29, 1.82) is 0 Å². The zero-order chi connectivity index (χ0) is 18.2. The summed E-state index contributed by atoms with van der Waals surface area (Å²) in [7, 11) is 0. The van der Waals surface area contributed by atoms with Crippen molar-refractivity contribution in [1.82, 2.24) is 9.88 Å². The molecule has 0 bridgehead atoms. The highest BCUT2D eigenvalue weighted by molar-refractivity contribution is 7.13. The largest absolute Gasteiger partial charge is 0.302 e. The first-order chi connectivity index (χ1) is 12.7. The Labute approximate surface area is 160 Å². The first kappa shape index (κ1) is 19.1. The number of carbonyl (C=O) groups is 1. The van der Waals surface area contributed by atoms with Crippen LogP contribution in [0.2, 0.25) is 0 Å². The molecule has 1 aliphatic heterocycles. The van der Waals surface area contributed by atoms with E-state index in [2.05, 4.69) is 51.8 Å². The molecule has 1 amide bonds. The van der Waals surface area contributed by atoms with Crippen LogP contribution in [-0.4, -0.2) is 28.9 Å².